The van der Waals surface area contributed by atoms with Gasteiger partial charge in [-0.25, -0.2) is 0 Å². The highest BCUT2D eigenvalue weighted by molar-refractivity contribution is 4.90. The molecular weight excluding hydrogens is 164 g/mol. The summed E-state index contributed by atoms with van der Waals surface area (Å²) in [5.41, 5.74) is 0. The molecule has 3 nitrogen and oxygen atoms in total. The molecule has 2 aliphatic heterocycles. The van der Waals surface area contributed by atoms with Gasteiger partial charge in [-0.05, 0) is 5.92 Å². The van der Waals surface area contributed by atoms with Gasteiger partial charge in [-0.3, -0.25) is 4.90 Å². The van der Waals surface area contributed by atoms with Crippen molar-refractivity contribution in [3.05, 3.63) is 0 Å². The van der Waals surface area contributed by atoms with E-state index in [2.05, 4.69) is 24.1 Å². The molecule has 2 unspecified atom stereocenters. The fourth-order valence-corrected chi connectivity index (χ4v) is 2.41. The largest absolute Gasteiger partial charge is 0.378 e. The van der Waals surface area contributed by atoms with E-state index in [1.807, 2.05) is 0 Å². The van der Waals surface area contributed by atoms with Crippen LogP contribution in [-0.2, 0) is 4.74 Å². The third-order valence-corrected chi connectivity index (χ3v) is 3.20. The molecule has 0 radical (unpaired) electrons. The summed E-state index contributed by atoms with van der Waals surface area (Å²) >= 11 is 0. The van der Waals surface area contributed by atoms with Crippen LogP contribution < -0.4 is 5.32 Å². The molecule has 0 saturated carbocycles. The number of rotatable bonds is 1. The van der Waals surface area contributed by atoms with Crippen LogP contribution in [0.2, 0.25) is 0 Å². The van der Waals surface area contributed by atoms with Crippen molar-refractivity contribution in [3.8, 4) is 0 Å². The number of morpholine rings is 1. The lowest BCUT2D eigenvalue weighted by Gasteiger charge is -2.46. The zero-order valence-electron chi connectivity index (χ0n) is 8.62. The van der Waals surface area contributed by atoms with Crippen LogP contribution in [0.15, 0.2) is 0 Å². The molecule has 2 heterocycles. The highest BCUT2D eigenvalue weighted by atomic mass is 16.5. The fraction of sp³-hybridized carbons (Fsp3) is 1.00. The number of nitrogens with one attached hydrogen (secondary N) is 1. The van der Waals surface area contributed by atoms with Crippen molar-refractivity contribution in [1.82, 2.24) is 10.2 Å². The lowest BCUT2D eigenvalue weighted by Crippen LogP contribution is -2.63. The highest BCUT2D eigenvalue weighted by Crippen LogP contribution is 2.19. The highest BCUT2D eigenvalue weighted by Gasteiger charge is 2.33. The van der Waals surface area contributed by atoms with Crippen LogP contribution in [0.5, 0.6) is 0 Å². The van der Waals surface area contributed by atoms with Crippen LogP contribution in [0.3, 0.4) is 0 Å². The van der Waals surface area contributed by atoms with Crippen molar-refractivity contribution >= 4 is 0 Å². The molecule has 0 aromatic carbocycles. The maximum Gasteiger partial charge on any atom is 0.0635 e. The summed E-state index contributed by atoms with van der Waals surface area (Å²) in [7, 11) is 0. The summed E-state index contributed by atoms with van der Waals surface area (Å²) in [5.74, 6) is 0.744. The number of ether oxygens (including phenoxy) is 1. The molecule has 0 aromatic heterocycles. The second kappa shape index (κ2) is 3.95. The smallest absolute Gasteiger partial charge is 0.0635 e. The average Bonchev–Trinajstić information content (AvgIpc) is 2.17. The Kier molecular flexibility index (Phi) is 2.86. The van der Waals surface area contributed by atoms with E-state index in [9.17, 15) is 0 Å². The first-order valence-corrected chi connectivity index (χ1v) is 5.33. The van der Waals surface area contributed by atoms with E-state index in [1.54, 1.807) is 0 Å². The summed E-state index contributed by atoms with van der Waals surface area (Å²) in [4.78, 5) is 2.63. The molecule has 2 aliphatic rings. The van der Waals surface area contributed by atoms with Gasteiger partial charge in [0.15, 0.2) is 0 Å². The van der Waals surface area contributed by atoms with Crippen molar-refractivity contribution in [2.24, 2.45) is 5.92 Å². The Hall–Kier alpha value is -0.120. The maximum atomic E-state index is 5.49. The fourth-order valence-electron chi connectivity index (χ4n) is 2.41. The molecule has 0 spiro atoms. The number of piperazine rings is 1. The van der Waals surface area contributed by atoms with Crippen LogP contribution in [-0.4, -0.2) is 49.8 Å². The zero-order chi connectivity index (χ0) is 9.26. The molecule has 2 atom stereocenters. The van der Waals surface area contributed by atoms with Gasteiger partial charge in [0.1, 0.15) is 0 Å². The maximum absolute atomic E-state index is 5.49. The molecule has 0 aromatic rings. The monoisotopic (exact) mass is 184 g/mol. The molecule has 1 N–H and O–H groups in total. The van der Waals surface area contributed by atoms with Gasteiger partial charge >= 0.3 is 0 Å². The molecule has 0 aliphatic carbocycles. The van der Waals surface area contributed by atoms with Crippen molar-refractivity contribution in [3.63, 3.8) is 0 Å². The molecule has 2 fully saturated rings. The zero-order valence-corrected chi connectivity index (χ0v) is 8.62. The van der Waals surface area contributed by atoms with E-state index in [0.29, 0.717) is 12.1 Å². The van der Waals surface area contributed by atoms with Crippen molar-refractivity contribution in [1.29, 1.82) is 0 Å². The normalized spacial score (nSPS) is 36.2. The van der Waals surface area contributed by atoms with Gasteiger partial charge in [0.05, 0.1) is 13.2 Å². The minimum absolute atomic E-state index is 0.620. The van der Waals surface area contributed by atoms with Gasteiger partial charge in [0, 0.05) is 31.7 Å². The van der Waals surface area contributed by atoms with Gasteiger partial charge < -0.3 is 10.1 Å². The van der Waals surface area contributed by atoms with E-state index in [0.717, 1.165) is 38.8 Å². The molecule has 2 saturated heterocycles. The molecule has 76 valence electrons. The molecule has 0 amide bonds. The standard InChI is InChI=1S/C10H20N2O/c1-8(2)10-6-11-5-9-7-13-4-3-12(9)10/h8-11H,3-7H2,1-2H3. The van der Waals surface area contributed by atoms with E-state index < -0.39 is 0 Å². The van der Waals surface area contributed by atoms with Gasteiger partial charge in [0.2, 0.25) is 0 Å². The minimum atomic E-state index is 0.620. The Labute approximate surface area is 80.4 Å². The SMILES string of the molecule is CC(C)C1CNCC2COCCN21. The summed E-state index contributed by atoms with van der Waals surface area (Å²) in [6.07, 6.45) is 0. The summed E-state index contributed by atoms with van der Waals surface area (Å²) in [6, 6.07) is 1.33. The van der Waals surface area contributed by atoms with Gasteiger partial charge in [-0.15, -0.1) is 0 Å². The molecular formula is C10H20N2O. The van der Waals surface area contributed by atoms with E-state index in [-0.39, 0.29) is 0 Å². The van der Waals surface area contributed by atoms with Crippen LogP contribution in [0.4, 0.5) is 0 Å². The van der Waals surface area contributed by atoms with Crippen LogP contribution in [0.25, 0.3) is 0 Å². The Morgan fingerprint density at radius 2 is 2.23 bits per heavy atom. The van der Waals surface area contributed by atoms with E-state index >= 15 is 0 Å². The molecule has 13 heavy (non-hydrogen) atoms. The van der Waals surface area contributed by atoms with Crippen LogP contribution in [0.1, 0.15) is 13.8 Å². The Balaban J connectivity index is 2.02. The summed E-state index contributed by atoms with van der Waals surface area (Å²) in [5, 5.41) is 3.49. The summed E-state index contributed by atoms with van der Waals surface area (Å²) in [6.45, 7) is 9.82. The van der Waals surface area contributed by atoms with E-state index in [4.69, 9.17) is 4.74 Å². The van der Waals surface area contributed by atoms with E-state index in [1.165, 1.54) is 0 Å². The molecule has 0 bridgehead atoms. The first-order chi connectivity index (χ1) is 6.29. The Morgan fingerprint density at radius 3 is 3.00 bits per heavy atom. The first kappa shape index (κ1) is 9.44. The molecule has 3 heteroatoms. The number of hydrogen-bond acceptors (Lipinski definition) is 3. The third-order valence-electron chi connectivity index (χ3n) is 3.20. The Bertz CT molecular complexity index is 170. The number of nitrogens with zero attached hydrogens (tertiary/aromatic N) is 1. The minimum Gasteiger partial charge on any atom is -0.378 e. The van der Waals surface area contributed by atoms with Crippen molar-refractivity contribution in [2.45, 2.75) is 25.9 Å². The van der Waals surface area contributed by atoms with Gasteiger partial charge in [-0.2, -0.15) is 0 Å². The average molecular weight is 184 g/mol. The Morgan fingerprint density at radius 1 is 1.38 bits per heavy atom. The second-order valence-electron chi connectivity index (χ2n) is 4.44. The van der Waals surface area contributed by atoms with Crippen LogP contribution in [0, 0.1) is 5.92 Å². The predicted octanol–water partition coefficient (Wildman–Crippen LogP) is 0.315. The summed E-state index contributed by atoms with van der Waals surface area (Å²) < 4.78 is 5.49. The topological polar surface area (TPSA) is 24.5 Å². The second-order valence-corrected chi connectivity index (χ2v) is 4.44. The lowest BCUT2D eigenvalue weighted by molar-refractivity contribution is -0.0516. The van der Waals surface area contributed by atoms with Gasteiger partial charge in [-0.1, -0.05) is 13.8 Å². The van der Waals surface area contributed by atoms with Crippen molar-refractivity contribution in [2.75, 3.05) is 32.8 Å². The van der Waals surface area contributed by atoms with Crippen molar-refractivity contribution < 1.29 is 4.74 Å². The van der Waals surface area contributed by atoms with Crippen LogP contribution >= 0.6 is 0 Å². The third kappa shape index (κ3) is 1.87. The first-order valence-electron chi connectivity index (χ1n) is 5.33. The lowest BCUT2D eigenvalue weighted by atomic mass is 9.97. The predicted molar refractivity (Wildman–Crippen MR) is 52.8 cm³/mol. The quantitative estimate of drug-likeness (QED) is 0.635. The number of hydrogen-bond donors (Lipinski definition) is 1. The number of fused-ring (bicyclic) bond motifs is 1. The molecule has 2 rings (SSSR count). The van der Waals surface area contributed by atoms with Gasteiger partial charge in [0.25, 0.3) is 0 Å².